The lowest BCUT2D eigenvalue weighted by atomic mass is 10.1. The molecule has 9 heteroatoms. The Labute approximate surface area is 150 Å². The molecule has 0 aliphatic rings. The molecule has 0 saturated carbocycles. The van der Waals surface area contributed by atoms with Gasteiger partial charge in [-0.15, -0.1) is 0 Å². The Kier molecular flexibility index (Phi) is 4.33. The highest BCUT2D eigenvalue weighted by Crippen LogP contribution is 2.34. The number of benzene rings is 1. The van der Waals surface area contributed by atoms with Crippen molar-refractivity contribution in [2.24, 2.45) is 7.05 Å². The van der Waals surface area contributed by atoms with Crippen molar-refractivity contribution < 1.29 is 13.2 Å². The minimum absolute atomic E-state index is 0.0412. The molecule has 2 heterocycles. The standard InChI is InChI=1S/C16H12Cl2F3N3O/c1-8-6-10(16(19,20)21)13-14(22-8)23(2)24(15(13)25)7-9-11(17)4-3-5-12(9)18/h3-6H,7H2,1-2H3. The van der Waals surface area contributed by atoms with Crippen molar-refractivity contribution >= 4 is 34.2 Å². The summed E-state index contributed by atoms with van der Waals surface area (Å²) in [5, 5.41) is 0.179. The maximum Gasteiger partial charge on any atom is 0.417 e. The fraction of sp³-hybridized carbons (Fsp3) is 0.250. The number of halogens is 5. The molecule has 0 spiro atoms. The van der Waals surface area contributed by atoms with Crippen LogP contribution in [-0.2, 0) is 19.8 Å². The van der Waals surface area contributed by atoms with Crippen molar-refractivity contribution in [1.82, 2.24) is 14.3 Å². The Morgan fingerprint density at radius 3 is 2.36 bits per heavy atom. The zero-order chi connectivity index (χ0) is 18.5. The number of alkyl halides is 3. The summed E-state index contributed by atoms with van der Waals surface area (Å²) in [6, 6.07) is 5.71. The van der Waals surface area contributed by atoms with E-state index in [1.54, 1.807) is 18.2 Å². The molecule has 0 aliphatic carbocycles. The first kappa shape index (κ1) is 17.8. The fourth-order valence-corrected chi connectivity index (χ4v) is 3.23. The molecule has 0 fully saturated rings. The Bertz CT molecular complexity index is 1020. The van der Waals surface area contributed by atoms with Crippen molar-refractivity contribution in [3.8, 4) is 0 Å². The third kappa shape index (κ3) is 3.02. The molecule has 0 aliphatic heterocycles. The van der Waals surface area contributed by atoms with E-state index in [1.807, 2.05) is 0 Å². The highest BCUT2D eigenvalue weighted by Gasteiger charge is 2.36. The lowest BCUT2D eigenvalue weighted by molar-refractivity contribution is -0.136. The van der Waals surface area contributed by atoms with Gasteiger partial charge in [-0.05, 0) is 25.1 Å². The van der Waals surface area contributed by atoms with Crippen LogP contribution >= 0.6 is 23.2 Å². The van der Waals surface area contributed by atoms with Gasteiger partial charge in [0.15, 0.2) is 5.65 Å². The van der Waals surface area contributed by atoms with Crippen molar-refractivity contribution in [3.05, 3.63) is 61.5 Å². The van der Waals surface area contributed by atoms with E-state index in [-0.39, 0.29) is 17.9 Å². The molecule has 3 rings (SSSR count). The van der Waals surface area contributed by atoms with Gasteiger partial charge in [0.05, 0.1) is 17.5 Å². The average molecular weight is 390 g/mol. The quantitative estimate of drug-likeness (QED) is 0.650. The molecule has 0 saturated heterocycles. The van der Waals surface area contributed by atoms with Gasteiger partial charge < -0.3 is 0 Å². The monoisotopic (exact) mass is 389 g/mol. The first-order valence-corrected chi connectivity index (χ1v) is 7.94. The second-order valence-electron chi connectivity index (χ2n) is 5.59. The van der Waals surface area contributed by atoms with Crippen LogP contribution in [0.3, 0.4) is 0 Å². The number of rotatable bonds is 2. The highest BCUT2D eigenvalue weighted by molar-refractivity contribution is 6.35. The van der Waals surface area contributed by atoms with Gasteiger partial charge in [0.1, 0.15) is 0 Å². The van der Waals surface area contributed by atoms with Crippen molar-refractivity contribution in [2.75, 3.05) is 0 Å². The van der Waals surface area contributed by atoms with E-state index in [0.29, 0.717) is 15.6 Å². The predicted octanol–water partition coefficient (Wildman–Crippen LogP) is 4.42. The smallest absolute Gasteiger partial charge is 0.268 e. The van der Waals surface area contributed by atoms with Crippen LogP contribution in [0.4, 0.5) is 13.2 Å². The van der Waals surface area contributed by atoms with Gasteiger partial charge in [0, 0.05) is 28.4 Å². The van der Waals surface area contributed by atoms with Crippen LogP contribution in [0.5, 0.6) is 0 Å². The largest absolute Gasteiger partial charge is 0.417 e. The number of aromatic nitrogens is 3. The molecule has 0 amide bonds. The second-order valence-corrected chi connectivity index (χ2v) is 6.41. The predicted molar refractivity (Wildman–Crippen MR) is 90.3 cm³/mol. The molecule has 0 unspecified atom stereocenters. The second kappa shape index (κ2) is 6.07. The van der Waals surface area contributed by atoms with E-state index < -0.39 is 22.7 Å². The maximum absolute atomic E-state index is 13.3. The Morgan fingerprint density at radius 2 is 1.80 bits per heavy atom. The van der Waals surface area contributed by atoms with Crippen LogP contribution in [0.25, 0.3) is 11.0 Å². The zero-order valence-electron chi connectivity index (χ0n) is 13.2. The van der Waals surface area contributed by atoms with Crippen LogP contribution in [-0.4, -0.2) is 14.3 Å². The Hall–Kier alpha value is -1.99. The van der Waals surface area contributed by atoms with Crippen molar-refractivity contribution in [1.29, 1.82) is 0 Å². The number of aryl methyl sites for hydroxylation is 2. The van der Waals surface area contributed by atoms with Crippen LogP contribution in [0, 0.1) is 6.92 Å². The fourth-order valence-electron chi connectivity index (χ4n) is 2.72. The minimum Gasteiger partial charge on any atom is -0.268 e. The van der Waals surface area contributed by atoms with Crippen LogP contribution < -0.4 is 5.56 Å². The van der Waals surface area contributed by atoms with Gasteiger partial charge in [0.2, 0.25) is 0 Å². The zero-order valence-corrected chi connectivity index (χ0v) is 14.7. The van der Waals surface area contributed by atoms with Gasteiger partial charge in [0.25, 0.3) is 5.56 Å². The van der Waals surface area contributed by atoms with E-state index in [0.717, 1.165) is 10.7 Å². The summed E-state index contributed by atoms with van der Waals surface area (Å²) < 4.78 is 42.5. The molecule has 0 N–H and O–H groups in total. The van der Waals surface area contributed by atoms with Gasteiger partial charge in [-0.25, -0.2) is 9.67 Å². The molecule has 0 radical (unpaired) electrons. The molecule has 0 atom stereocenters. The van der Waals surface area contributed by atoms with Crippen LogP contribution in [0.2, 0.25) is 10.0 Å². The summed E-state index contributed by atoms with van der Waals surface area (Å²) in [6.45, 7) is 1.38. The lowest BCUT2D eigenvalue weighted by Crippen LogP contribution is -2.23. The number of hydrogen-bond donors (Lipinski definition) is 0. The van der Waals surface area contributed by atoms with Gasteiger partial charge in [-0.3, -0.25) is 9.48 Å². The number of pyridine rings is 1. The molecule has 25 heavy (non-hydrogen) atoms. The molecule has 4 nitrogen and oxygen atoms in total. The Balaban J connectivity index is 2.30. The van der Waals surface area contributed by atoms with E-state index in [1.165, 1.54) is 18.7 Å². The van der Waals surface area contributed by atoms with E-state index in [2.05, 4.69) is 4.98 Å². The Morgan fingerprint density at radius 1 is 1.20 bits per heavy atom. The SMILES string of the molecule is Cc1cc(C(F)(F)F)c2c(=O)n(Cc3c(Cl)cccc3Cl)n(C)c2n1. The summed E-state index contributed by atoms with van der Waals surface area (Å²) in [5.41, 5.74) is -1.22. The number of hydrogen-bond acceptors (Lipinski definition) is 2. The van der Waals surface area contributed by atoms with Gasteiger partial charge in [-0.1, -0.05) is 29.3 Å². The average Bonchev–Trinajstić information content (AvgIpc) is 2.73. The first-order valence-electron chi connectivity index (χ1n) is 7.18. The van der Waals surface area contributed by atoms with E-state index >= 15 is 0 Å². The van der Waals surface area contributed by atoms with Gasteiger partial charge >= 0.3 is 6.18 Å². The third-order valence-electron chi connectivity index (χ3n) is 3.92. The summed E-state index contributed by atoms with van der Waals surface area (Å²) in [7, 11) is 1.47. The van der Waals surface area contributed by atoms with Crippen molar-refractivity contribution in [2.45, 2.75) is 19.6 Å². The molecule has 2 aromatic heterocycles. The normalized spacial score (nSPS) is 12.1. The molecular formula is C16H12Cl2F3N3O. The van der Waals surface area contributed by atoms with Crippen LogP contribution in [0.15, 0.2) is 29.1 Å². The third-order valence-corrected chi connectivity index (χ3v) is 4.63. The number of nitrogens with zero attached hydrogens (tertiary/aromatic N) is 3. The van der Waals surface area contributed by atoms with E-state index in [4.69, 9.17) is 23.2 Å². The molecule has 132 valence electrons. The molecule has 0 bridgehead atoms. The summed E-state index contributed by atoms with van der Waals surface area (Å²) >= 11 is 12.2. The lowest BCUT2D eigenvalue weighted by Gasteiger charge is -2.10. The summed E-state index contributed by atoms with van der Waals surface area (Å²) in [5.74, 6) is 0. The van der Waals surface area contributed by atoms with Crippen LogP contribution in [0.1, 0.15) is 16.8 Å². The number of fused-ring (bicyclic) bond motifs is 1. The van der Waals surface area contributed by atoms with Crippen molar-refractivity contribution in [3.63, 3.8) is 0 Å². The first-order chi connectivity index (χ1) is 11.6. The molecule has 1 aromatic carbocycles. The summed E-state index contributed by atoms with van der Waals surface area (Å²) in [4.78, 5) is 16.8. The van der Waals surface area contributed by atoms with Gasteiger partial charge in [-0.2, -0.15) is 13.2 Å². The van der Waals surface area contributed by atoms with E-state index in [9.17, 15) is 18.0 Å². The minimum atomic E-state index is -4.66. The maximum atomic E-state index is 13.3. The topological polar surface area (TPSA) is 39.8 Å². The molecular weight excluding hydrogens is 378 g/mol. The summed E-state index contributed by atoms with van der Waals surface area (Å²) in [6.07, 6.45) is -4.66. The molecule has 3 aromatic rings. The highest BCUT2D eigenvalue weighted by atomic mass is 35.5.